The number of carbonyl (C=O) groups excluding carboxylic acids is 1. The van der Waals surface area contributed by atoms with Crippen molar-refractivity contribution in [3.8, 4) is 6.07 Å². The van der Waals surface area contributed by atoms with Crippen LogP contribution < -0.4 is 0 Å². The van der Waals surface area contributed by atoms with Crippen LogP contribution in [0.15, 0.2) is 28.7 Å². The lowest BCUT2D eigenvalue weighted by molar-refractivity contribution is -0.119. The second-order valence-corrected chi connectivity index (χ2v) is 6.54. The van der Waals surface area contributed by atoms with Gasteiger partial charge in [0, 0.05) is 10.9 Å². The van der Waals surface area contributed by atoms with Crippen LogP contribution in [0.25, 0.3) is 0 Å². The van der Waals surface area contributed by atoms with Gasteiger partial charge in [-0.1, -0.05) is 60.2 Å². The topological polar surface area (TPSA) is 40.9 Å². The van der Waals surface area contributed by atoms with Gasteiger partial charge in [0.05, 0.1) is 6.07 Å². The Hall–Kier alpha value is -1.14. The highest BCUT2D eigenvalue weighted by atomic mass is 79.9. The first-order valence-corrected chi connectivity index (χ1v) is 8.18. The van der Waals surface area contributed by atoms with Crippen molar-refractivity contribution in [2.24, 2.45) is 5.92 Å². The van der Waals surface area contributed by atoms with Crippen molar-refractivity contribution in [2.45, 2.75) is 50.9 Å². The van der Waals surface area contributed by atoms with Gasteiger partial charge in [0.1, 0.15) is 5.92 Å². The molecule has 1 aromatic carbocycles. The van der Waals surface area contributed by atoms with Gasteiger partial charge in [-0.05, 0) is 30.0 Å². The molecule has 1 fully saturated rings. The summed E-state index contributed by atoms with van der Waals surface area (Å²) in [5.41, 5.74) is 0.801. The maximum Gasteiger partial charge on any atom is 0.154 e. The number of ketones is 1. The zero-order chi connectivity index (χ0) is 14.4. The van der Waals surface area contributed by atoms with Crippen LogP contribution in [-0.2, 0) is 4.79 Å². The van der Waals surface area contributed by atoms with Crippen LogP contribution in [0, 0.1) is 17.2 Å². The normalized spacial score (nSPS) is 17.4. The third-order valence-corrected chi connectivity index (χ3v) is 4.65. The number of carbonyl (C=O) groups is 1. The average Bonchev–Trinajstić information content (AvgIpc) is 2.47. The molecule has 0 aromatic heterocycles. The van der Waals surface area contributed by atoms with Crippen molar-refractivity contribution in [3.05, 3.63) is 34.3 Å². The highest BCUT2D eigenvalue weighted by Crippen LogP contribution is 2.29. The molecule has 0 saturated heterocycles. The standard InChI is InChI=1S/C17H20BrNO/c18-15-8-4-7-14(11-15)16(12-19)17(20)10-9-13-5-2-1-3-6-13/h4,7-8,11,13,16H,1-3,5-6,9-10H2. The van der Waals surface area contributed by atoms with Crippen LogP contribution >= 0.6 is 15.9 Å². The molecular formula is C17H20BrNO. The minimum atomic E-state index is -0.615. The minimum Gasteiger partial charge on any atom is -0.298 e. The second-order valence-electron chi connectivity index (χ2n) is 5.63. The summed E-state index contributed by atoms with van der Waals surface area (Å²) in [5.74, 6) is 0.141. The fraction of sp³-hybridized carbons (Fsp3) is 0.529. The minimum absolute atomic E-state index is 0.0659. The van der Waals surface area contributed by atoms with Gasteiger partial charge in [-0.3, -0.25) is 4.79 Å². The van der Waals surface area contributed by atoms with E-state index in [-0.39, 0.29) is 5.78 Å². The first-order chi connectivity index (χ1) is 9.70. The van der Waals surface area contributed by atoms with Gasteiger partial charge in [0.25, 0.3) is 0 Å². The molecule has 0 bridgehead atoms. The fourth-order valence-electron chi connectivity index (χ4n) is 2.99. The lowest BCUT2D eigenvalue weighted by Crippen LogP contribution is -2.14. The predicted octanol–water partition coefficient (Wildman–Crippen LogP) is 4.99. The maximum atomic E-state index is 12.3. The van der Waals surface area contributed by atoms with Gasteiger partial charge in [-0.2, -0.15) is 5.26 Å². The van der Waals surface area contributed by atoms with E-state index in [1.54, 1.807) is 0 Å². The number of hydrogen-bond acceptors (Lipinski definition) is 2. The van der Waals surface area contributed by atoms with E-state index in [4.69, 9.17) is 0 Å². The summed E-state index contributed by atoms with van der Waals surface area (Å²) < 4.78 is 0.912. The molecule has 2 rings (SSSR count). The fourth-order valence-corrected chi connectivity index (χ4v) is 3.40. The van der Waals surface area contributed by atoms with Gasteiger partial charge in [0.15, 0.2) is 5.78 Å². The quantitative estimate of drug-likeness (QED) is 0.761. The largest absolute Gasteiger partial charge is 0.298 e. The Bertz CT molecular complexity index is 500. The monoisotopic (exact) mass is 333 g/mol. The van der Waals surface area contributed by atoms with Crippen molar-refractivity contribution in [2.75, 3.05) is 0 Å². The van der Waals surface area contributed by atoms with Gasteiger partial charge in [-0.25, -0.2) is 0 Å². The Kier molecular flexibility index (Phi) is 5.79. The molecule has 106 valence electrons. The Balaban J connectivity index is 1.94. The summed E-state index contributed by atoms with van der Waals surface area (Å²) in [7, 11) is 0. The maximum absolute atomic E-state index is 12.3. The summed E-state index contributed by atoms with van der Waals surface area (Å²) in [5, 5.41) is 9.29. The van der Waals surface area contributed by atoms with Gasteiger partial charge >= 0.3 is 0 Å². The molecular weight excluding hydrogens is 314 g/mol. The number of nitriles is 1. The number of hydrogen-bond donors (Lipinski definition) is 0. The Morgan fingerprint density at radius 1 is 1.35 bits per heavy atom. The number of rotatable bonds is 5. The van der Waals surface area contributed by atoms with E-state index in [0.717, 1.165) is 16.5 Å². The molecule has 0 spiro atoms. The van der Waals surface area contributed by atoms with E-state index in [0.29, 0.717) is 12.3 Å². The van der Waals surface area contributed by atoms with E-state index in [1.807, 2.05) is 24.3 Å². The van der Waals surface area contributed by atoms with Crippen molar-refractivity contribution in [1.29, 1.82) is 5.26 Å². The highest BCUT2D eigenvalue weighted by molar-refractivity contribution is 9.10. The van der Waals surface area contributed by atoms with Crippen molar-refractivity contribution in [3.63, 3.8) is 0 Å². The predicted molar refractivity (Wildman–Crippen MR) is 83.3 cm³/mol. The number of benzene rings is 1. The summed E-state index contributed by atoms with van der Waals surface area (Å²) in [6.45, 7) is 0. The molecule has 0 amide bonds. The van der Waals surface area contributed by atoms with Crippen molar-refractivity contribution in [1.82, 2.24) is 0 Å². The number of Topliss-reactive ketones (excluding diaryl/α,β-unsaturated/α-hetero) is 1. The molecule has 1 atom stereocenters. The molecule has 2 nitrogen and oxygen atoms in total. The lowest BCUT2D eigenvalue weighted by atomic mass is 9.84. The van der Waals surface area contributed by atoms with Crippen molar-refractivity contribution < 1.29 is 4.79 Å². The molecule has 1 aliphatic carbocycles. The molecule has 20 heavy (non-hydrogen) atoms. The summed E-state index contributed by atoms with van der Waals surface area (Å²) in [6.07, 6.45) is 7.92. The number of halogens is 1. The zero-order valence-electron chi connectivity index (χ0n) is 11.6. The molecule has 1 saturated carbocycles. The Morgan fingerprint density at radius 2 is 2.10 bits per heavy atom. The molecule has 1 aliphatic rings. The van der Waals surface area contributed by atoms with Crippen LogP contribution in [0.2, 0.25) is 0 Å². The molecule has 0 aliphatic heterocycles. The van der Waals surface area contributed by atoms with Crippen molar-refractivity contribution >= 4 is 21.7 Å². The molecule has 0 heterocycles. The zero-order valence-corrected chi connectivity index (χ0v) is 13.2. The molecule has 1 unspecified atom stereocenters. The first-order valence-electron chi connectivity index (χ1n) is 7.38. The number of nitrogens with zero attached hydrogens (tertiary/aromatic N) is 1. The smallest absolute Gasteiger partial charge is 0.154 e. The van der Waals surface area contributed by atoms with Gasteiger partial charge in [0.2, 0.25) is 0 Å². The SMILES string of the molecule is N#CC(C(=O)CCC1CCCCC1)c1cccc(Br)c1. The Morgan fingerprint density at radius 3 is 2.75 bits per heavy atom. The van der Waals surface area contributed by atoms with Gasteiger partial charge < -0.3 is 0 Å². The Labute approximate surface area is 129 Å². The van der Waals surface area contributed by atoms with Crippen LogP contribution in [0.5, 0.6) is 0 Å². The van der Waals surface area contributed by atoms with Crippen LogP contribution in [-0.4, -0.2) is 5.78 Å². The molecule has 1 aromatic rings. The molecule has 0 radical (unpaired) electrons. The average molecular weight is 334 g/mol. The van der Waals surface area contributed by atoms with E-state index < -0.39 is 5.92 Å². The van der Waals surface area contributed by atoms with Gasteiger partial charge in [-0.15, -0.1) is 0 Å². The third kappa shape index (κ3) is 4.18. The van der Waals surface area contributed by atoms with E-state index in [9.17, 15) is 10.1 Å². The first kappa shape index (κ1) is 15.3. The highest BCUT2D eigenvalue weighted by Gasteiger charge is 2.22. The van der Waals surface area contributed by atoms with E-state index in [2.05, 4.69) is 22.0 Å². The molecule has 0 N–H and O–H groups in total. The van der Waals surface area contributed by atoms with Crippen LogP contribution in [0.4, 0.5) is 0 Å². The lowest BCUT2D eigenvalue weighted by Gasteiger charge is -2.21. The molecule has 3 heteroatoms. The van der Waals surface area contributed by atoms with E-state index >= 15 is 0 Å². The van der Waals surface area contributed by atoms with Crippen LogP contribution in [0.1, 0.15) is 56.4 Å². The second kappa shape index (κ2) is 7.59. The summed E-state index contributed by atoms with van der Waals surface area (Å²) in [4.78, 5) is 12.3. The van der Waals surface area contributed by atoms with Crippen LogP contribution in [0.3, 0.4) is 0 Å². The summed E-state index contributed by atoms with van der Waals surface area (Å²) in [6, 6.07) is 9.67. The summed E-state index contributed by atoms with van der Waals surface area (Å²) >= 11 is 3.39. The van der Waals surface area contributed by atoms with E-state index in [1.165, 1.54) is 32.1 Å². The third-order valence-electron chi connectivity index (χ3n) is 4.16.